The molecule has 1 aliphatic heterocycles. The lowest BCUT2D eigenvalue weighted by atomic mass is 10.1. The maximum atomic E-state index is 9.05. The van der Waals surface area contributed by atoms with E-state index in [0.29, 0.717) is 17.4 Å². The summed E-state index contributed by atoms with van der Waals surface area (Å²) in [4.78, 5) is 15.1. The SMILES string of the molecule is N#Cc1ccnc(Nc2nc(C3CCCN3Cc3cc4ccccc4[nH]3)cs2)c1. The molecule has 3 aromatic heterocycles. The van der Waals surface area contributed by atoms with Crippen molar-refractivity contribution in [1.82, 2.24) is 19.9 Å². The Balaban J connectivity index is 1.31. The molecule has 6 nitrogen and oxygen atoms in total. The van der Waals surface area contributed by atoms with Gasteiger partial charge in [-0.2, -0.15) is 5.26 Å². The number of para-hydroxylation sites is 1. The smallest absolute Gasteiger partial charge is 0.188 e. The Labute approximate surface area is 172 Å². The number of H-pyrrole nitrogens is 1. The molecule has 4 heterocycles. The normalized spacial score (nSPS) is 16.9. The van der Waals surface area contributed by atoms with E-state index < -0.39 is 0 Å². The lowest BCUT2D eigenvalue weighted by Crippen LogP contribution is -2.23. The molecular formula is C22H20N6S. The van der Waals surface area contributed by atoms with Crippen molar-refractivity contribution >= 4 is 33.2 Å². The Hall–Kier alpha value is -3.21. The number of hydrogen-bond donors (Lipinski definition) is 2. The number of thiazole rings is 1. The summed E-state index contributed by atoms with van der Waals surface area (Å²) in [5.74, 6) is 0.645. The fourth-order valence-electron chi connectivity index (χ4n) is 3.96. The van der Waals surface area contributed by atoms with E-state index in [9.17, 15) is 0 Å². The summed E-state index contributed by atoms with van der Waals surface area (Å²) >= 11 is 1.58. The van der Waals surface area contributed by atoms with E-state index in [2.05, 4.69) is 62.0 Å². The molecule has 2 N–H and O–H groups in total. The summed E-state index contributed by atoms with van der Waals surface area (Å²) < 4.78 is 0. The van der Waals surface area contributed by atoms with E-state index in [0.717, 1.165) is 30.3 Å². The number of benzene rings is 1. The maximum absolute atomic E-state index is 9.05. The Kier molecular flexibility index (Phi) is 4.72. The van der Waals surface area contributed by atoms with Crippen LogP contribution in [0, 0.1) is 11.3 Å². The molecule has 1 fully saturated rings. The third-order valence-corrected chi connectivity index (χ3v) is 6.09. The zero-order valence-corrected chi connectivity index (χ0v) is 16.6. The molecule has 144 valence electrons. The average Bonchev–Trinajstić information content (AvgIpc) is 3.47. The molecule has 1 unspecified atom stereocenters. The second-order valence-electron chi connectivity index (χ2n) is 7.25. The Morgan fingerprint density at radius 3 is 3.10 bits per heavy atom. The van der Waals surface area contributed by atoms with Crippen LogP contribution in [0.5, 0.6) is 0 Å². The van der Waals surface area contributed by atoms with Crippen molar-refractivity contribution in [2.45, 2.75) is 25.4 Å². The van der Waals surface area contributed by atoms with Crippen LogP contribution in [0.2, 0.25) is 0 Å². The number of nitrogens with one attached hydrogen (secondary N) is 2. The monoisotopic (exact) mass is 400 g/mol. The van der Waals surface area contributed by atoms with Gasteiger partial charge in [0, 0.05) is 29.3 Å². The van der Waals surface area contributed by atoms with Gasteiger partial charge in [-0.1, -0.05) is 18.2 Å². The van der Waals surface area contributed by atoms with Gasteiger partial charge in [0.25, 0.3) is 0 Å². The zero-order valence-electron chi connectivity index (χ0n) is 15.8. The van der Waals surface area contributed by atoms with Gasteiger partial charge in [0.2, 0.25) is 0 Å². The summed E-state index contributed by atoms with van der Waals surface area (Å²) in [6.45, 7) is 1.97. The molecule has 29 heavy (non-hydrogen) atoms. The molecule has 1 aromatic carbocycles. The van der Waals surface area contributed by atoms with Gasteiger partial charge in [0.15, 0.2) is 5.13 Å². The standard InChI is InChI=1S/C22H20N6S/c23-12-15-7-8-24-21(10-15)27-22-26-19(14-29-22)20-6-3-9-28(20)13-17-11-16-4-1-2-5-18(16)25-17/h1-2,4-5,7-8,10-11,14,20,25H,3,6,9,13H2,(H,24,26,27). The average molecular weight is 401 g/mol. The van der Waals surface area contributed by atoms with Crippen molar-refractivity contribution in [1.29, 1.82) is 5.26 Å². The molecule has 0 aliphatic carbocycles. The van der Waals surface area contributed by atoms with E-state index >= 15 is 0 Å². The lowest BCUT2D eigenvalue weighted by molar-refractivity contribution is 0.243. The minimum Gasteiger partial charge on any atom is -0.357 e. The number of fused-ring (bicyclic) bond motifs is 1. The molecular weight excluding hydrogens is 380 g/mol. The number of anilines is 2. The van der Waals surface area contributed by atoms with Crippen molar-refractivity contribution in [3.63, 3.8) is 0 Å². The number of likely N-dealkylation sites (tertiary alicyclic amines) is 1. The highest BCUT2D eigenvalue weighted by Crippen LogP contribution is 2.35. The number of nitrogens with zero attached hydrogens (tertiary/aromatic N) is 4. The van der Waals surface area contributed by atoms with Gasteiger partial charge in [-0.25, -0.2) is 9.97 Å². The molecule has 1 atom stereocenters. The van der Waals surface area contributed by atoms with Crippen LogP contribution in [0.25, 0.3) is 10.9 Å². The summed E-state index contributed by atoms with van der Waals surface area (Å²) in [7, 11) is 0. The van der Waals surface area contributed by atoms with Gasteiger partial charge >= 0.3 is 0 Å². The van der Waals surface area contributed by atoms with Crippen molar-refractivity contribution in [2.24, 2.45) is 0 Å². The largest absolute Gasteiger partial charge is 0.357 e. The highest BCUT2D eigenvalue weighted by atomic mass is 32.1. The highest BCUT2D eigenvalue weighted by Gasteiger charge is 2.28. The Morgan fingerprint density at radius 1 is 1.28 bits per heavy atom. The number of hydrogen-bond acceptors (Lipinski definition) is 6. The predicted molar refractivity (Wildman–Crippen MR) is 115 cm³/mol. The molecule has 1 saturated heterocycles. The molecule has 7 heteroatoms. The second-order valence-corrected chi connectivity index (χ2v) is 8.11. The topological polar surface area (TPSA) is 80.6 Å². The van der Waals surface area contributed by atoms with E-state index in [1.54, 1.807) is 29.7 Å². The van der Waals surface area contributed by atoms with E-state index in [-0.39, 0.29) is 0 Å². The van der Waals surface area contributed by atoms with Crippen LogP contribution in [-0.4, -0.2) is 26.4 Å². The van der Waals surface area contributed by atoms with Gasteiger partial charge in [0.1, 0.15) is 5.82 Å². The quantitative estimate of drug-likeness (QED) is 0.494. The zero-order chi connectivity index (χ0) is 19.6. The Morgan fingerprint density at radius 2 is 2.21 bits per heavy atom. The summed E-state index contributed by atoms with van der Waals surface area (Å²) in [6, 6.07) is 16.5. The number of aromatic amines is 1. The van der Waals surface area contributed by atoms with Gasteiger partial charge in [0.05, 0.1) is 23.4 Å². The number of rotatable bonds is 5. The molecule has 0 amide bonds. The lowest BCUT2D eigenvalue weighted by Gasteiger charge is -2.22. The van der Waals surface area contributed by atoms with Crippen LogP contribution < -0.4 is 5.32 Å². The molecule has 0 saturated carbocycles. The van der Waals surface area contributed by atoms with Crippen LogP contribution in [0.1, 0.15) is 35.8 Å². The first-order chi connectivity index (χ1) is 14.3. The van der Waals surface area contributed by atoms with Gasteiger partial charge in [-0.15, -0.1) is 11.3 Å². The van der Waals surface area contributed by atoms with Crippen LogP contribution >= 0.6 is 11.3 Å². The van der Waals surface area contributed by atoms with E-state index in [1.807, 2.05) is 0 Å². The molecule has 5 rings (SSSR count). The maximum Gasteiger partial charge on any atom is 0.188 e. The Bertz CT molecular complexity index is 1150. The summed E-state index contributed by atoms with van der Waals surface area (Å²) in [5, 5.41) is 16.5. The molecule has 4 aromatic rings. The summed E-state index contributed by atoms with van der Waals surface area (Å²) in [5.41, 5.74) is 4.11. The first kappa shape index (κ1) is 17.9. The van der Waals surface area contributed by atoms with Crippen molar-refractivity contribution in [2.75, 3.05) is 11.9 Å². The van der Waals surface area contributed by atoms with Gasteiger partial charge in [-0.3, -0.25) is 4.90 Å². The fraction of sp³-hybridized carbons (Fsp3) is 0.227. The fourth-order valence-corrected chi connectivity index (χ4v) is 4.73. The first-order valence-corrected chi connectivity index (χ1v) is 10.6. The third-order valence-electron chi connectivity index (χ3n) is 5.31. The summed E-state index contributed by atoms with van der Waals surface area (Å²) in [6.07, 6.45) is 3.93. The minimum absolute atomic E-state index is 0.326. The van der Waals surface area contributed by atoms with Crippen LogP contribution in [0.3, 0.4) is 0 Å². The van der Waals surface area contributed by atoms with Crippen LogP contribution in [-0.2, 0) is 6.54 Å². The van der Waals surface area contributed by atoms with Crippen LogP contribution in [0.15, 0.2) is 54.0 Å². The van der Waals surface area contributed by atoms with E-state index in [1.165, 1.54) is 23.0 Å². The predicted octanol–water partition coefficient (Wildman–Crippen LogP) is 4.97. The van der Waals surface area contributed by atoms with Gasteiger partial charge in [-0.05, 0) is 49.0 Å². The molecule has 0 spiro atoms. The third kappa shape index (κ3) is 3.73. The number of aromatic nitrogens is 3. The molecule has 0 radical (unpaired) electrons. The molecule has 1 aliphatic rings. The minimum atomic E-state index is 0.326. The molecule has 0 bridgehead atoms. The van der Waals surface area contributed by atoms with Gasteiger partial charge < -0.3 is 10.3 Å². The van der Waals surface area contributed by atoms with Crippen LogP contribution in [0.4, 0.5) is 10.9 Å². The second kappa shape index (κ2) is 7.66. The van der Waals surface area contributed by atoms with Crippen molar-refractivity contribution < 1.29 is 0 Å². The first-order valence-electron chi connectivity index (χ1n) is 9.68. The van der Waals surface area contributed by atoms with Crippen molar-refractivity contribution in [3.05, 3.63) is 71.0 Å². The van der Waals surface area contributed by atoms with Crippen molar-refractivity contribution in [3.8, 4) is 6.07 Å². The number of pyridine rings is 1. The number of nitriles is 1. The highest BCUT2D eigenvalue weighted by molar-refractivity contribution is 7.13. The van der Waals surface area contributed by atoms with E-state index in [4.69, 9.17) is 10.2 Å².